The van der Waals surface area contributed by atoms with Gasteiger partial charge in [-0.2, -0.15) is 0 Å². The minimum atomic E-state index is -0.977. The normalized spacial score (nSPS) is 28.2. The van der Waals surface area contributed by atoms with Crippen molar-refractivity contribution in [1.29, 1.82) is 0 Å². The number of hydrogen-bond acceptors (Lipinski definition) is 6. The third-order valence-electron chi connectivity index (χ3n) is 4.65. The second-order valence-corrected chi connectivity index (χ2v) is 6.66. The molecule has 1 heterocycles. The van der Waals surface area contributed by atoms with E-state index in [0.717, 1.165) is 25.7 Å². The van der Waals surface area contributed by atoms with Gasteiger partial charge in [0.25, 0.3) is 0 Å². The summed E-state index contributed by atoms with van der Waals surface area (Å²) in [4.78, 5) is 23.4. The number of ketones is 1. The van der Waals surface area contributed by atoms with E-state index >= 15 is 0 Å². The Bertz CT molecular complexity index is 498. The molecular formula is C18H28O6. The summed E-state index contributed by atoms with van der Waals surface area (Å²) in [5.41, 5.74) is 0.192. The van der Waals surface area contributed by atoms with Crippen LogP contribution in [-0.2, 0) is 19.1 Å². The van der Waals surface area contributed by atoms with Crippen molar-refractivity contribution < 1.29 is 29.3 Å². The molecule has 24 heavy (non-hydrogen) atoms. The van der Waals surface area contributed by atoms with Crippen molar-refractivity contribution in [3.05, 3.63) is 11.3 Å². The van der Waals surface area contributed by atoms with Gasteiger partial charge in [-0.15, -0.1) is 0 Å². The Morgan fingerprint density at radius 1 is 1.29 bits per heavy atom. The van der Waals surface area contributed by atoms with Gasteiger partial charge in [0.1, 0.15) is 24.1 Å². The van der Waals surface area contributed by atoms with Crippen molar-refractivity contribution >= 4 is 11.8 Å². The maximum Gasteiger partial charge on any atom is 0.303 e. The second-order valence-electron chi connectivity index (χ2n) is 6.66. The highest BCUT2D eigenvalue weighted by Crippen LogP contribution is 2.35. The first kappa shape index (κ1) is 18.9. The average molecular weight is 340 g/mol. The van der Waals surface area contributed by atoms with E-state index in [0.29, 0.717) is 12.8 Å². The first-order chi connectivity index (χ1) is 11.4. The highest BCUT2D eigenvalue weighted by Gasteiger charge is 2.42. The fraction of sp³-hybridized carbons (Fsp3) is 0.778. The van der Waals surface area contributed by atoms with Crippen LogP contribution in [-0.4, -0.2) is 46.4 Å². The van der Waals surface area contributed by atoms with E-state index in [1.54, 1.807) is 0 Å². The third kappa shape index (κ3) is 4.57. The summed E-state index contributed by atoms with van der Waals surface area (Å²) in [6.07, 6.45) is 2.65. The Morgan fingerprint density at radius 3 is 2.71 bits per heavy atom. The minimum Gasteiger partial charge on any atom is -0.488 e. The molecule has 1 aliphatic carbocycles. The average Bonchev–Trinajstić information content (AvgIpc) is 2.53. The van der Waals surface area contributed by atoms with Crippen molar-refractivity contribution in [2.45, 2.75) is 89.6 Å². The Kier molecular flexibility index (Phi) is 6.80. The molecule has 1 aliphatic heterocycles. The quantitative estimate of drug-likeness (QED) is 0.544. The van der Waals surface area contributed by atoms with Crippen LogP contribution >= 0.6 is 0 Å². The molecule has 0 saturated heterocycles. The monoisotopic (exact) mass is 340 g/mol. The number of aliphatic hydroxyl groups excluding tert-OH is 2. The lowest BCUT2D eigenvalue weighted by molar-refractivity contribution is -0.158. The Hall–Kier alpha value is -1.40. The molecule has 2 N–H and O–H groups in total. The Balaban J connectivity index is 2.10. The molecule has 2 aliphatic rings. The van der Waals surface area contributed by atoms with E-state index in [-0.39, 0.29) is 30.0 Å². The Morgan fingerprint density at radius 2 is 2.04 bits per heavy atom. The molecular weight excluding hydrogens is 312 g/mol. The van der Waals surface area contributed by atoms with Crippen molar-refractivity contribution in [2.24, 2.45) is 0 Å². The summed E-state index contributed by atoms with van der Waals surface area (Å²) in [5, 5.41) is 20.5. The molecule has 0 bridgehead atoms. The van der Waals surface area contributed by atoms with E-state index < -0.39 is 30.4 Å². The van der Waals surface area contributed by atoms with Gasteiger partial charge in [0.15, 0.2) is 5.78 Å². The topological polar surface area (TPSA) is 93.1 Å². The predicted molar refractivity (Wildman–Crippen MR) is 87.1 cm³/mol. The van der Waals surface area contributed by atoms with Crippen molar-refractivity contribution in [3.63, 3.8) is 0 Å². The molecule has 0 amide bonds. The van der Waals surface area contributed by atoms with E-state index in [9.17, 15) is 19.8 Å². The molecule has 0 aromatic heterocycles. The Labute approximate surface area is 142 Å². The van der Waals surface area contributed by atoms with Gasteiger partial charge >= 0.3 is 5.97 Å². The standard InChI is InChI=1S/C18H28O6/c1-3-4-5-6-7-15(23-11(2)19)16-10-14(22)17-12(20)8-9-13(21)18(17)24-16/h13-16,21-22H,3-10H2,1-2H3/t13-,14-,15+,16+/m1/s1. The van der Waals surface area contributed by atoms with Crippen molar-refractivity contribution in [3.8, 4) is 0 Å². The first-order valence-corrected chi connectivity index (χ1v) is 8.91. The van der Waals surface area contributed by atoms with Crippen LogP contribution in [0, 0.1) is 0 Å². The van der Waals surface area contributed by atoms with Crippen LogP contribution in [0.2, 0.25) is 0 Å². The number of hydrogen-bond donors (Lipinski definition) is 2. The maximum atomic E-state index is 12.0. The molecule has 0 spiro atoms. The fourth-order valence-electron chi connectivity index (χ4n) is 3.43. The predicted octanol–water partition coefficient (Wildman–Crippen LogP) is 2.02. The number of carbonyl (C=O) groups excluding carboxylic acids is 2. The summed E-state index contributed by atoms with van der Waals surface area (Å²) in [5.74, 6) is -0.400. The van der Waals surface area contributed by atoms with Gasteiger partial charge in [-0.3, -0.25) is 9.59 Å². The number of ether oxygens (including phenoxy) is 2. The lowest BCUT2D eigenvalue weighted by Gasteiger charge is -2.38. The smallest absolute Gasteiger partial charge is 0.303 e. The van der Waals surface area contributed by atoms with Crippen molar-refractivity contribution in [1.82, 2.24) is 0 Å². The van der Waals surface area contributed by atoms with E-state index in [4.69, 9.17) is 9.47 Å². The van der Waals surface area contributed by atoms with Crippen LogP contribution in [0.15, 0.2) is 11.3 Å². The first-order valence-electron chi connectivity index (χ1n) is 8.91. The number of unbranched alkanes of at least 4 members (excludes halogenated alkanes) is 3. The van der Waals surface area contributed by atoms with Crippen LogP contribution in [0.5, 0.6) is 0 Å². The third-order valence-corrected chi connectivity index (χ3v) is 4.65. The molecule has 6 heteroatoms. The molecule has 0 radical (unpaired) electrons. The molecule has 136 valence electrons. The number of carbonyl (C=O) groups is 2. The van der Waals surface area contributed by atoms with E-state index in [1.807, 2.05) is 0 Å². The van der Waals surface area contributed by atoms with Gasteiger partial charge in [0.05, 0.1) is 11.7 Å². The van der Waals surface area contributed by atoms with E-state index in [1.165, 1.54) is 6.92 Å². The summed E-state index contributed by atoms with van der Waals surface area (Å²) >= 11 is 0. The molecule has 0 unspecified atom stereocenters. The molecule has 2 rings (SSSR count). The number of esters is 1. The summed E-state index contributed by atoms with van der Waals surface area (Å²) in [7, 11) is 0. The maximum absolute atomic E-state index is 12.0. The highest BCUT2D eigenvalue weighted by atomic mass is 16.6. The summed E-state index contributed by atoms with van der Waals surface area (Å²) in [6.45, 7) is 3.47. The van der Waals surface area contributed by atoms with E-state index in [2.05, 4.69) is 6.92 Å². The van der Waals surface area contributed by atoms with Gasteiger partial charge in [-0.05, 0) is 19.3 Å². The molecule has 0 saturated carbocycles. The lowest BCUT2D eigenvalue weighted by atomic mass is 9.85. The second kappa shape index (κ2) is 8.62. The van der Waals surface area contributed by atoms with Crippen LogP contribution in [0.25, 0.3) is 0 Å². The van der Waals surface area contributed by atoms with Gasteiger partial charge in [0, 0.05) is 19.8 Å². The highest BCUT2D eigenvalue weighted by molar-refractivity contribution is 5.98. The van der Waals surface area contributed by atoms with Crippen LogP contribution < -0.4 is 0 Å². The molecule has 0 fully saturated rings. The number of aliphatic hydroxyl groups is 2. The summed E-state index contributed by atoms with van der Waals surface area (Å²) in [6, 6.07) is 0. The zero-order chi connectivity index (χ0) is 17.7. The van der Waals surface area contributed by atoms with Crippen LogP contribution in [0.1, 0.15) is 65.2 Å². The number of rotatable bonds is 7. The largest absolute Gasteiger partial charge is 0.488 e. The molecule has 6 nitrogen and oxygen atoms in total. The number of Topliss-reactive ketones (excluding diaryl/α,β-unsaturated/α-hetero) is 1. The van der Waals surface area contributed by atoms with Crippen molar-refractivity contribution in [2.75, 3.05) is 0 Å². The van der Waals surface area contributed by atoms with Gasteiger partial charge in [0.2, 0.25) is 0 Å². The SMILES string of the molecule is CCCCCC[C@H](OC(C)=O)[C@@H]1C[C@@H](O)C2=C(O1)[C@H](O)CCC2=O. The summed E-state index contributed by atoms with van der Waals surface area (Å²) < 4.78 is 11.2. The molecule has 0 aromatic rings. The molecule has 0 aromatic carbocycles. The fourth-order valence-corrected chi connectivity index (χ4v) is 3.43. The lowest BCUT2D eigenvalue weighted by Crippen LogP contribution is -2.44. The van der Waals surface area contributed by atoms with Gasteiger partial charge in [-0.1, -0.05) is 26.2 Å². The van der Waals surface area contributed by atoms with Crippen LogP contribution in [0.3, 0.4) is 0 Å². The van der Waals surface area contributed by atoms with Gasteiger partial charge in [-0.25, -0.2) is 0 Å². The zero-order valence-corrected chi connectivity index (χ0v) is 14.5. The zero-order valence-electron chi connectivity index (χ0n) is 14.5. The minimum absolute atomic E-state index is 0.167. The van der Waals surface area contributed by atoms with Crippen LogP contribution in [0.4, 0.5) is 0 Å². The van der Waals surface area contributed by atoms with Gasteiger partial charge < -0.3 is 19.7 Å². The molecule has 4 atom stereocenters.